The van der Waals surface area contributed by atoms with Crippen molar-refractivity contribution in [3.63, 3.8) is 0 Å². The fourth-order valence-corrected chi connectivity index (χ4v) is 3.56. The van der Waals surface area contributed by atoms with E-state index in [4.69, 9.17) is 0 Å². The van der Waals surface area contributed by atoms with Crippen LogP contribution in [-0.2, 0) is 0 Å². The number of benzene rings is 2. The smallest absolute Gasteiger partial charge is 0.259 e. The number of halogens is 3. The Kier molecular flexibility index (Phi) is 4.90. The summed E-state index contributed by atoms with van der Waals surface area (Å²) in [4.78, 5) is 14.0. The molecule has 1 aliphatic heterocycles. The first kappa shape index (κ1) is 18.3. The predicted octanol–water partition coefficient (Wildman–Crippen LogP) is 4.31. The van der Waals surface area contributed by atoms with Crippen molar-refractivity contribution in [3.05, 3.63) is 83.4 Å². The fourth-order valence-electron chi connectivity index (χ4n) is 3.56. The van der Waals surface area contributed by atoms with E-state index in [1.165, 1.54) is 23.1 Å². The standard InChI is InChI=1S/C21H18F3N3O/c22-16-4-6-17(7-5-16)27-13-15(12-25-27)14-8-10-26(11-9-14)21(28)20-18(23)2-1-3-19(20)24/h1-7,12-14H,8-11H2. The molecular formula is C21H18F3N3O. The van der Waals surface area contributed by atoms with Crippen LogP contribution in [0.1, 0.15) is 34.7 Å². The van der Waals surface area contributed by atoms with E-state index in [2.05, 4.69) is 5.10 Å². The van der Waals surface area contributed by atoms with Gasteiger partial charge in [0.05, 0.1) is 11.9 Å². The first-order valence-corrected chi connectivity index (χ1v) is 9.07. The summed E-state index contributed by atoms with van der Waals surface area (Å²) in [6.07, 6.45) is 5.02. The number of likely N-dealkylation sites (tertiary alicyclic amines) is 1. The molecule has 144 valence electrons. The molecule has 0 saturated carbocycles. The molecule has 0 unspecified atom stereocenters. The van der Waals surface area contributed by atoms with Gasteiger partial charge < -0.3 is 4.90 Å². The number of amides is 1. The number of nitrogens with zero attached hydrogens (tertiary/aromatic N) is 3. The molecule has 4 rings (SSSR count). The van der Waals surface area contributed by atoms with Gasteiger partial charge in [-0.3, -0.25) is 4.79 Å². The molecule has 28 heavy (non-hydrogen) atoms. The molecule has 1 saturated heterocycles. The maximum Gasteiger partial charge on any atom is 0.259 e. The number of aromatic nitrogens is 2. The third-order valence-corrected chi connectivity index (χ3v) is 5.12. The average Bonchev–Trinajstić information content (AvgIpc) is 3.18. The number of carbonyl (C=O) groups is 1. The SMILES string of the molecule is O=C(c1c(F)cccc1F)N1CCC(c2cnn(-c3ccc(F)cc3)c2)CC1. The van der Waals surface area contributed by atoms with Crippen LogP contribution < -0.4 is 0 Å². The Morgan fingerprint density at radius 3 is 2.25 bits per heavy atom. The summed E-state index contributed by atoms with van der Waals surface area (Å²) < 4.78 is 42.5. The van der Waals surface area contributed by atoms with Gasteiger partial charge in [0.2, 0.25) is 0 Å². The highest BCUT2D eigenvalue weighted by molar-refractivity contribution is 5.94. The van der Waals surface area contributed by atoms with Crippen molar-refractivity contribution < 1.29 is 18.0 Å². The Morgan fingerprint density at radius 2 is 1.61 bits per heavy atom. The highest BCUT2D eigenvalue weighted by Crippen LogP contribution is 2.29. The lowest BCUT2D eigenvalue weighted by molar-refractivity contribution is 0.0703. The van der Waals surface area contributed by atoms with Gasteiger partial charge in [0.25, 0.3) is 5.91 Å². The van der Waals surface area contributed by atoms with Crippen molar-refractivity contribution in [1.82, 2.24) is 14.7 Å². The minimum atomic E-state index is -0.840. The summed E-state index contributed by atoms with van der Waals surface area (Å²) >= 11 is 0. The van der Waals surface area contributed by atoms with E-state index in [1.54, 1.807) is 23.0 Å². The van der Waals surface area contributed by atoms with E-state index in [9.17, 15) is 18.0 Å². The second kappa shape index (κ2) is 7.50. The number of hydrogen-bond donors (Lipinski definition) is 0. The highest BCUT2D eigenvalue weighted by Gasteiger charge is 2.28. The van der Waals surface area contributed by atoms with E-state index >= 15 is 0 Å². The summed E-state index contributed by atoms with van der Waals surface area (Å²) in [5.41, 5.74) is 1.29. The van der Waals surface area contributed by atoms with Crippen LogP contribution in [-0.4, -0.2) is 33.7 Å². The lowest BCUT2D eigenvalue weighted by Gasteiger charge is -2.31. The molecule has 0 aliphatic carbocycles. The first-order valence-electron chi connectivity index (χ1n) is 9.07. The number of rotatable bonds is 3. The molecule has 7 heteroatoms. The molecule has 0 spiro atoms. The van der Waals surface area contributed by atoms with Gasteiger partial charge in [-0.15, -0.1) is 0 Å². The van der Waals surface area contributed by atoms with Crippen LogP contribution in [0.15, 0.2) is 54.9 Å². The van der Waals surface area contributed by atoms with E-state index in [0.717, 1.165) is 23.4 Å². The van der Waals surface area contributed by atoms with Gasteiger partial charge in [-0.05, 0) is 60.7 Å². The Labute approximate surface area is 160 Å². The molecule has 1 fully saturated rings. The van der Waals surface area contributed by atoms with Crippen molar-refractivity contribution in [2.45, 2.75) is 18.8 Å². The highest BCUT2D eigenvalue weighted by atomic mass is 19.1. The Hall–Kier alpha value is -3.09. The van der Waals surface area contributed by atoms with Gasteiger partial charge in [0.15, 0.2) is 0 Å². The quantitative estimate of drug-likeness (QED) is 0.674. The van der Waals surface area contributed by atoms with Gasteiger partial charge in [0.1, 0.15) is 23.0 Å². The van der Waals surface area contributed by atoms with Crippen molar-refractivity contribution in [2.75, 3.05) is 13.1 Å². The molecule has 2 aromatic carbocycles. The van der Waals surface area contributed by atoms with Gasteiger partial charge in [0, 0.05) is 19.3 Å². The van der Waals surface area contributed by atoms with Gasteiger partial charge in [-0.2, -0.15) is 5.10 Å². The van der Waals surface area contributed by atoms with E-state index in [0.29, 0.717) is 25.9 Å². The molecule has 1 aromatic heterocycles. The van der Waals surface area contributed by atoms with Crippen LogP contribution in [0.4, 0.5) is 13.2 Å². The number of carbonyl (C=O) groups excluding carboxylic acids is 1. The fraction of sp³-hybridized carbons (Fsp3) is 0.238. The minimum Gasteiger partial charge on any atom is -0.338 e. The minimum absolute atomic E-state index is 0.198. The van der Waals surface area contributed by atoms with Crippen molar-refractivity contribution >= 4 is 5.91 Å². The average molecular weight is 385 g/mol. The van der Waals surface area contributed by atoms with E-state index in [1.807, 2.05) is 6.20 Å². The van der Waals surface area contributed by atoms with Gasteiger partial charge in [-0.1, -0.05) is 6.07 Å². The monoisotopic (exact) mass is 385 g/mol. The van der Waals surface area contributed by atoms with E-state index < -0.39 is 23.1 Å². The maximum atomic E-state index is 13.9. The van der Waals surface area contributed by atoms with Crippen LogP contribution in [0, 0.1) is 17.5 Å². The zero-order valence-corrected chi connectivity index (χ0v) is 15.0. The second-order valence-corrected chi connectivity index (χ2v) is 6.86. The lowest BCUT2D eigenvalue weighted by atomic mass is 9.91. The number of hydrogen-bond acceptors (Lipinski definition) is 2. The van der Waals surface area contributed by atoms with Crippen LogP contribution in [0.3, 0.4) is 0 Å². The summed E-state index contributed by atoms with van der Waals surface area (Å²) in [6, 6.07) is 9.48. The molecule has 3 aromatic rings. The molecular weight excluding hydrogens is 367 g/mol. The van der Waals surface area contributed by atoms with Crippen molar-refractivity contribution in [2.24, 2.45) is 0 Å². The molecule has 1 aliphatic rings. The largest absolute Gasteiger partial charge is 0.338 e. The third kappa shape index (κ3) is 3.52. The summed E-state index contributed by atoms with van der Waals surface area (Å²) in [5, 5.41) is 4.33. The van der Waals surface area contributed by atoms with Crippen LogP contribution in [0.25, 0.3) is 5.69 Å². The summed E-state index contributed by atoms with van der Waals surface area (Å²) in [5.74, 6) is -2.40. The zero-order chi connectivity index (χ0) is 19.7. The van der Waals surface area contributed by atoms with E-state index in [-0.39, 0.29) is 11.7 Å². The molecule has 4 nitrogen and oxygen atoms in total. The maximum absolute atomic E-state index is 13.9. The lowest BCUT2D eigenvalue weighted by Crippen LogP contribution is -2.38. The molecule has 0 bridgehead atoms. The first-order chi connectivity index (χ1) is 13.5. The van der Waals surface area contributed by atoms with Crippen molar-refractivity contribution in [3.8, 4) is 5.69 Å². The molecule has 1 amide bonds. The Bertz CT molecular complexity index is 972. The summed E-state index contributed by atoms with van der Waals surface area (Å²) in [6.45, 7) is 0.831. The number of piperidine rings is 1. The summed E-state index contributed by atoms with van der Waals surface area (Å²) in [7, 11) is 0. The van der Waals surface area contributed by atoms with Crippen molar-refractivity contribution in [1.29, 1.82) is 0 Å². The van der Waals surface area contributed by atoms with Gasteiger partial charge in [-0.25, -0.2) is 17.9 Å². The Morgan fingerprint density at radius 1 is 0.964 bits per heavy atom. The van der Waals surface area contributed by atoms with Gasteiger partial charge >= 0.3 is 0 Å². The van der Waals surface area contributed by atoms with Crippen LogP contribution in [0.2, 0.25) is 0 Å². The zero-order valence-electron chi connectivity index (χ0n) is 15.0. The van der Waals surface area contributed by atoms with Crippen LogP contribution in [0.5, 0.6) is 0 Å². The molecule has 0 atom stereocenters. The molecule has 2 heterocycles. The van der Waals surface area contributed by atoms with Crippen LogP contribution >= 0.6 is 0 Å². The molecule has 0 radical (unpaired) electrons. The topological polar surface area (TPSA) is 38.1 Å². The Balaban J connectivity index is 1.43. The second-order valence-electron chi connectivity index (χ2n) is 6.86. The predicted molar refractivity (Wildman–Crippen MR) is 97.8 cm³/mol. The normalized spacial score (nSPS) is 15.0. The molecule has 0 N–H and O–H groups in total. The third-order valence-electron chi connectivity index (χ3n) is 5.12.